The molecule has 0 aliphatic carbocycles. The third kappa shape index (κ3) is 4.00. The third-order valence-corrected chi connectivity index (χ3v) is 2.04. The van der Waals surface area contributed by atoms with Crippen molar-refractivity contribution in [1.29, 1.82) is 0 Å². The third-order valence-electron chi connectivity index (χ3n) is 2.04. The average molecular weight is 225 g/mol. The highest BCUT2D eigenvalue weighted by atomic mass is 16.5. The normalized spacial score (nSPS) is 10.6. The molecular formula is C10H19N5O. The minimum Gasteiger partial charge on any atom is -0.377 e. The second-order valence-electron chi connectivity index (χ2n) is 3.75. The number of nitrogens with two attached hydrogens (primary N) is 1. The summed E-state index contributed by atoms with van der Waals surface area (Å²) in [6, 6.07) is 0. The van der Waals surface area contributed by atoms with E-state index in [2.05, 4.69) is 15.4 Å². The maximum Gasteiger partial charge on any atom is 0.160 e. The van der Waals surface area contributed by atoms with E-state index in [-0.39, 0.29) is 6.10 Å². The zero-order chi connectivity index (χ0) is 12.0. The van der Waals surface area contributed by atoms with Crippen LogP contribution < -0.4 is 16.2 Å². The van der Waals surface area contributed by atoms with Gasteiger partial charge in [0, 0.05) is 13.6 Å². The highest BCUT2D eigenvalue weighted by Gasteiger charge is 2.04. The fraction of sp³-hybridized carbons (Fsp3) is 0.600. The largest absolute Gasteiger partial charge is 0.377 e. The van der Waals surface area contributed by atoms with Crippen molar-refractivity contribution in [2.75, 3.05) is 30.5 Å². The topological polar surface area (TPSA) is 76.3 Å². The molecule has 0 unspecified atom stereocenters. The lowest BCUT2D eigenvalue weighted by Crippen LogP contribution is -2.25. The van der Waals surface area contributed by atoms with E-state index < -0.39 is 0 Å². The molecule has 1 aromatic rings. The van der Waals surface area contributed by atoms with Crippen molar-refractivity contribution in [2.24, 2.45) is 5.84 Å². The number of hydrogen-bond acceptors (Lipinski definition) is 6. The summed E-state index contributed by atoms with van der Waals surface area (Å²) in [6.45, 7) is 5.45. The molecule has 0 aromatic carbocycles. The number of nitrogens with zero attached hydrogens (tertiary/aromatic N) is 3. The van der Waals surface area contributed by atoms with Crippen LogP contribution in [0.5, 0.6) is 0 Å². The van der Waals surface area contributed by atoms with Crippen molar-refractivity contribution in [3.63, 3.8) is 0 Å². The van der Waals surface area contributed by atoms with Gasteiger partial charge in [-0.15, -0.1) is 0 Å². The Balaban J connectivity index is 2.48. The van der Waals surface area contributed by atoms with Crippen LogP contribution in [0.1, 0.15) is 13.8 Å². The van der Waals surface area contributed by atoms with Crippen LogP contribution in [0.2, 0.25) is 0 Å². The Bertz CT molecular complexity index is 318. The highest BCUT2D eigenvalue weighted by molar-refractivity contribution is 5.42. The number of nitrogen functional groups attached to an aromatic ring is 1. The zero-order valence-electron chi connectivity index (χ0n) is 9.97. The minimum absolute atomic E-state index is 0.247. The van der Waals surface area contributed by atoms with Gasteiger partial charge in [0.25, 0.3) is 0 Å². The number of likely N-dealkylation sites (N-methyl/N-ethyl adjacent to an activating group) is 1. The standard InChI is InChI=1S/C10H19N5O/c1-8(2)16-5-4-15(3)10-7-12-6-9(13-10)14-11/h6-8H,4-5,11H2,1-3H3,(H,13,14). The predicted molar refractivity (Wildman–Crippen MR) is 64.2 cm³/mol. The molecule has 0 bridgehead atoms. The quantitative estimate of drug-likeness (QED) is 0.546. The fourth-order valence-corrected chi connectivity index (χ4v) is 1.15. The summed E-state index contributed by atoms with van der Waals surface area (Å²) >= 11 is 0. The predicted octanol–water partition coefficient (Wildman–Crippen LogP) is 0.623. The van der Waals surface area contributed by atoms with E-state index >= 15 is 0 Å². The molecule has 1 rings (SSSR count). The summed E-state index contributed by atoms with van der Waals surface area (Å²) in [6.07, 6.45) is 3.51. The van der Waals surface area contributed by atoms with E-state index in [1.165, 1.54) is 0 Å². The Hall–Kier alpha value is -1.40. The Morgan fingerprint density at radius 2 is 2.25 bits per heavy atom. The van der Waals surface area contributed by atoms with Crippen molar-refractivity contribution in [3.8, 4) is 0 Å². The highest BCUT2D eigenvalue weighted by Crippen LogP contribution is 2.09. The lowest BCUT2D eigenvalue weighted by atomic mass is 10.5. The van der Waals surface area contributed by atoms with Crippen LogP contribution in [0.15, 0.2) is 12.4 Å². The second-order valence-corrected chi connectivity index (χ2v) is 3.75. The summed E-state index contributed by atoms with van der Waals surface area (Å²) in [7, 11) is 1.94. The molecule has 6 heteroatoms. The van der Waals surface area contributed by atoms with Crippen molar-refractivity contribution < 1.29 is 4.74 Å². The molecular weight excluding hydrogens is 206 g/mol. The van der Waals surface area contributed by atoms with Crippen LogP contribution in [0.25, 0.3) is 0 Å². The first-order chi connectivity index (χ1) is 7.63. The molecule has 3 N–H and O–H groups in total. The molecule has 90 valence electrons. The number of hydrogen-bond donors (Lipinski definition) is 2. The number of hydrazine groups is 1. The first-order valence-electron chi connectivity index (χ1n) is 5.25. The fourth-order valence-electron chi connectivity index (χ4n) is 1.15. The van der Waals surface area contributed by atoms with Gasteiger partial charge in [-0.1, -0.05) is 0 Å². The summed E-state index contributed by atoms with van der Waals surface area (Å²) in [5.41, 5.74) is 2.47. The first-order valence-corrected chi connectivity index (χ1v) is 5.25. The van der Waals surface area contributed by atoms with E-state index in [0.29, 0.717) is 12.4 Å². The molecule has 0 aliphatic rings. The van der Waals surface area contributed by atoms with Crippen LogP contribution in [0, 0.1) is 0 Å². The van der Waals surface area contributed by atoms with Gasteiger partial charge in [-0.05, 0) is 13.8 Å². The van der Waals surface area contributed by atoms with Gasteiger partial charge in [-0.3, -0.25) is 4.98 Å². The Morgan fingerprint density at radius 3 is 2.88 bits per heavy atom. The summed E-state index contributed by atoms with van der Waals surface area (Å²) in [5, 5.41) is 0. The van der Waals surface area contributed by atoms with Crippen LogP contribution in [-0.2, 0) is 4.74 Å². The van der Waals surface area contributed by atoms with Gasteiger partial charge in [0.15, 0.2) is 5.82 Å². The molecule has 0 amide bonds. The van der Waals surface area contributed by atoms with Crippen LogP contribution in [0.3, 0.4) is 0 Å². The minimum atomic E-state index is 0.247. The molecule has 0 saturated carbocycles. The van der Waals surface area contributed by atoms with Crippen molar-refractivity contribution >= 4 is 11.6 Å². The van der Waals surface area contributed by atoms with Gasteiger partial charge in [-0.25, -0.2) is 10.8 Å². The molecule has 0 aliphatic heterocycles. The van der Waals surface area contributed by atoms with E-state index in [1.807, 2.05) is 25.8 Å². The number of nitrogens with one attached hydrogen (secondary N) is 1. The van der Waals surface area contributed by atoms with Crippen molar-refractivity contribution in [2.45, 2.75) is 20.0 Å². The second kappa shape index (κ2) is 6.24. The smallest absolute Gasteiger partial charge is 0.160 e. The van der Waals surface area contributed by atoms with E-state index in [1.54, 1.807) is 12.4 Å². The number of aromatic nitrogens is 2. The SMILES string of the molecule is CC(C)OCCN(C)c1cncc(NN)n1. The van der Waals surface area contributed by atoms with Gasteiger partial charge in [0.1, 0.15) is 5.82 Å². The Morgan fingerprint density at radius 1 is 1.50 bits per heavy atom. The van der Waals surface area contributed by atoms with Crippen molar-refractivity contribution in [3.05, 3.63) is 12.4 Å². The Kier molecular flexibility index (Phi) is 4.94. The van der Waals surface area contributed by atoms with Gasteiger partial charge >= 0.3 is 0 Å². The first kappa shape index (κ1) is 12.7. The number of anilines is 2. The maximum absolute atomic E-state index is 5.46. The molecule has 1 aromatic heterocycles. The summed E-state index contributed by atoms with van der Waals surface area (Å²) in [5.74, 6) is 6.58. The van der Waals surface area contributed by atoms with Gasteiger partial charge in [0.05, 0.1) is 25.1 Å². The molecule has 0 radical (unpaired) electrons. The van der Waals surface area contributed by atoms with E-state index in [4.69, 9.17) is 10.6 Å². The van der Waals surface area contributed by atoms with Crippen LogP contribution in [-0.4, -0.2) is 36.3 Å². The molecule has 1 heterocycles. The molecule has 0 spiro atoms. The number of rotatable bonds is 6. The van der Waals surface area contributed by atoms with Gasteiger partial charge in [0.2, 0.25) is 0 Å². The van der Waals surface area contributed by atoms with Crippen LogP contribution >= 0.6 is 0 Å². The summed E-state index contributed by atoms with van der Waals surface area (Å²) < 4.78 is 5.46. The van der Waals surface area contributed by atoms with E-state index in [9.17, 15) is 0 Å². The Labute approximate surface area is 95.8 Å². The summed E-state index contributed by atoms with van der Waals surface area (Å²) in [4.78, 5) is 10.3. The van der Waals surface area contributed by atoms with Gasteiger partial charge in [-0.2, -0.15) is 0 Å². The van der Waals surface area contributed by atoms with Crippen molar-refractivity contribution in [1.82, 2.24) is 9.97 Å². The molecule has 0 atom stereocenters. The number of ether oxygens (including phenoxy) is 1. The van der Waals surface area contributed by atoms with Gasteiger partial charge < -0.3 is 15.1 Å². The molecule has 0 fully saturated rings. The monoisotopic (exact) mass is 225 g/mol. The van der Waals surface area contributed by atoms with E-state index in [0.717, 1.165) is 12.4 Å². The van der Waals surface area contributed by atoms with Crippen LogP contribution in [0.4, 0.5) is 11.6 Å². The maximum atomic E-state index is 5.46. The molecule has 6 nitrogen and oxygen atoms in total. The molecule has 0 saturated heterocycles. The average Bonchev–Trinajstić information content (AvgIpc) is 2.28. The lowest BCUT2D eigenvalue weighted by molar-refractivity contribution is 0.0845. The lowest BCUT2D eigenvalue weighted by Gasteiger charge is -2.18. The zero-order valence-corrected chi connectivity index (χ0v) is 9.97. The molecule has 16 heavy (non-hydrogen) atoms.